The maximum absolute atomic E-state index is 8.72. The fourth-order valence-corrected chi connectivity index (χ4v) is 1.64. The van der Waals surface area contributed by atoms with Gasteiger partial charge in [-0.2, -0.15) is 4.98 Å². The third kappa shape index (κ3) is 5.31. The van der Waals surface area contributed by atoms with Crippen molar-refractivity contribution in [3.63, 3.8) is 0 Å². The van der Waals surface area contributed by atoms with E-state index in [-0.39, 0.29) is 6.61 Å². The Morgan fingerprint density at radius 2 is 2.17 bits per heavy atom. The fraction of sp³-hybridized carbons (Fsp3) is 0.692. The molecule has 0 aliphatic heterocycles. The predicted molar refractivity (Wildman–Crippen MR) is 75.0 cm³/mol. The number of nitrogens with one attached hydrogen (secondary N) is 1. The van der Waals surface area contributed by atoms with Gasteiger partial charge in [0.05, 0.1) is 0 Å². The van der Waals surface area contributed by atoms with Crippen LogP contribution in [0.1, 0.15) is 32.6 Å². The van der Waals surface area contributed by atoms with Crippen LogP contribution in [0.2, 0.25) is 0 Å². The second-order valence-electron chi connectivity index (χ2n) is 4.37. The number of hydrogen-bond acceptors (Lipinski definition) is 5. The molecule has 0 saturated heterocycles. The molecule has 0 amide bonds. The monoisotopic (exact) mass is 252 g/mol. The number of anilines is 2. The summed E-state index contributed by atoms with van der Waals surface area (Å²) in [6, 6.07) is 1.92. The first kappa shape index (κ1) is 14.7. The number of unbranched alkanes of at least 4 members (excludes halogenated alkanes) is 2. The van der Waals surface area contributed by atoms with Gasteiger partial charge in [-0.1, -0.05) is 6.92 Å². The van der Waals surface area contributed by atoms with E-state index < -0.39 is 0 Å². The molecule has 0 spiro atoms. The highest BCUT2D eigenvalue weighted by Gasteiger charge is 2.03. The van der Waals surface area contributed by atoms with E-state index in [4.69, 9.17) is 5.11 Å². The van der Waals surface area contributed by atoms with Crippen LogP contribution in [0.5, 0.6) is 0 Å². The van der Waals surface area contributed by atoms with Crippen molar-refractivity contribution in [3.8, 4) is 0 Å². The minimum Gasteiger partial charge on any atom is -0.396 e. The van der Waals surface area contributed by atoms with Gasteiger partial charge >= 0.3 is 0 Å². The number of aliphatic hydroxyl groups is 1. The van der Waals surface area contributed by atoms with Gasteiger partial charge in [-0.25, -0.2) is 4.98 Å². The number of rotatable bonds is 9. The Kier molecular flexibility index (Phi) is 7.10. The summed E-state index contributed by atoms with van der Waals surface area (Å²) in [5, 5.41) is 11.9. The van der Waals surface area contributed by atoms with Gasteiger partial charge in [0, 0.05) is 32.9 Å². The quantitative estimate of drug-likeness (QED) is 0.657. The maximum Gasteiger partial charge on any atom is 0.224 e. The molecule has 0 saturated carbocycles. The summed E-state index contributed by atoms with van der Waals surface area (Å²) >= 11 is 0. The average Bonchev–Trinajstić information content (AvgIpc) is 2.41. The highest BCUT2D eigenvalue weighted by molar-refractivity contribution is 5.41. The lowest BCUT2D eigenvalue weighted by Crippen LogP contribution is -2.20. The third-order valence-corrected chi connectivity index (χ3v) is 2.72. The Morgan fingerprint density at radius 3 is 2.89 bits per heavy atom. The lowest BCUT2D eigenvalue weighted by atomic mass is 10.2. The first-order valence-corrected chi connectivity index (χ1v) is 6.66. The summed E-state index contributed by atoms with van der Waals surface area (Å²) in [6.07, 6.45) is 5.84. The van der Waals surface area contributed by atoms with Crippen LogP contribution >= 0.6 is 0 Å². The molecule has 5 nitrogen and oxygen atoms in total. The van der Waals surface area contributed by atoms with Gasteiger partial charge in [-0.15, -0.1) is 0 Å². The standard InChI is InChI=1S/C13H24N4O/c1-3-8-14-13-15-9-7-12(16-13)17(2)10-5-4-6-11-18/h7,9,18H,3-6,8,10-11H2,1-2H3,(H,14,15,16). The second-order valence-corrected chi connectivity index (χ2v) is 4.37. The van der Waals surface area contributed by atoms with Crippen molar-refractivity contribution in [1.29, 1.82) is 0 Å². The smallest absolute Gasteiger partial charge is 0.224 e. The number of nitrogens with zero attached hydrogens (tertiary/aromatic N) is 3. The van der Waals surface area contributed by atoms with E-state index in [2.05, 4.69) is 27.1 Å². The largest absolute Gasteiger partial charge is 0.396 e. The molecule has 0 bridgehead atoms. The molecule has 1 aromatic rings. The van der Waals surface area contributed by atoms with Crippen molar-refractivity contribution >= 4 is 11.8 Å². The molecule has 5 heteroatoms. The second kappa shape index (κ2) is 8.69. The molecule has 0 radical (unpaired) electrons. The van der Waals surface area contributed by atoms with Crippen molar-refractivity contribution in [1.82, 2.24) is 9.97 Å². The zero-order valence-electron chi connectivity index (χ0n) is 11.4. The van der Waals surface area contributed by atoms with E-state index >= 15 is 0 Å². The van der Waals surface area contributed by atoms with Gasteiger partial charge in [0.2, 0.25) is 5.95 Å². The lowest BCUT2D eigenvalue weighted by molar-refractivity contribution is 0.283. The van der Waals surface area contributed by atoms with Crippen LogP contribution < -0.4 is 10.2 Å². The lowest BCUT2D eigenvalue weighted by Gasteiger charge is -2.18. The predicted octanol–water partition coefficient (Wildman–Crippen LogP) is 1.90. The SMILES string of the molecule is CCCNc1nccc(N(C)CCCCCO)n1. The molecule has 0 aliphatic carbocycles. The Labute approximate surface area is 109 Å². The maximum atomic E-state index is 8.72. The van der Waals surface area contributed by atoms with Gasteiger partial charge in [-0.3, -0.25) is 0 Å². The Hall–Kier alpha value is -1.36. The zero-order valence-corrected chi connectivity index (χ0v) is 11.4. The number of hydrogen-bond donors (Lipinski definition) is 2. The van der Waals surface area contributed by atoms with Gasteiger partial charge in [0.25, 0.3) is 0 Å². The molecular weight excluding hydrogens is 228 g/mol. The summed E-state index contributed by atoms with van der Waals surface area (Å²) in [5.74, 6) is 1.63. The van der Waals surface area contributed by atoms with E-state index in [9.17, 15) is 0 Å². The van der Waals surface area contributed by atoms with Crippen LogP contribution in [-0.2, 0) is 0 Å². The highest BCUT2D eigenvalue weighted by atomic mass is 16.2. The zero-order chi connectivity index (χ0) is 13.2. The minimum absolute atomic E-state index is 0.280. The van der Waals surface area contributed by atoms with Crippen LogP contribution in [0, 0.1) is 0 Å². The van der Waals surface area contributed by atoms with Crippen LogP contribution in [0.15, 0.2) is 12.3 Å². The third-order valence-electron chi connectivity index (χ3n) is 2.72. The van der Waals surface area contributed by atoms with Gasteiger partial charge in [0.1, 0.15) is 5.82 Å². The molecule has 0 fully saturated rings. The van der Waals surface area contributed by atoms with Gasteiger partial charge in [-0.05, 0) is 31.7 Å². The van der Waals surface area contributed by atoms with Crippen LogP contribution in [-0.4, -0.2) is 41.8 Å². The molecule has 0 aromatic carbocycles. The van der Waals surface area contributed by atoms with E-state index in [1.165, 1.54) is 0 Å². The molecule has 0 atom stereocenters. The summed E-state index contributed by atoms with van der Waals surface area (Å²) in [6.45, 7) is 4.24. The summed E-state index contributed by atoms with van der Waals surface area (Å²) in [5.41, 5.74) is 0. The fourth-order valence-electron chi connectivity index (χ4n) is 1.64. The van der Waals surface area contributed by atoms with Crippen molar-refractivity contribution in [2.45, 2.75) is 32.6 Å². The van der Waals surface area contributed by atoms with Crippen LogP contribution in [0.3, 0.4) is 0 Å². The van der Waals surface area contributed by atoms with E-state index in [1.807, 2.05) is 13.1 Å². The first-order chi connectivity index (χ1) is 8.77. The van der Waals surface area contributed by atoms with Crippen LogP contribution in [0.4, 0.5) is 11.8 Å². The molecule has 102 valence electrons. The summed E-state index contributed by atoms with van der Waals surface area (Å²) in [4.78, 5) is 10.8. The Morgan fingerprint density at radius 1 is 1.33 bits per heavy atom. The molecule has 0 aliphatic rings. The van der Waals surface area contributed by atoms with E-state index in [1.54, 1.807) is 6.20 Å². The number of aliphatic hydroxyl groups excluding tert-OH is 1. The van der Waals surface area contributed by atoms with Crippen molar-refractivity contribution in [2.75, 3.05) is 37.0 Å². The van der Waals surface area contributed by atoms with E-state index in [0.29, 0.717) is 5.95 Å². The first-order valence-electron chi connectivity index (χ1n) is 6.66. The molecular formula is C13H24N4O. The molecule has 1 aromatic heterocycles. The highest BCUT2D eigenvalue weighted by Crippen LogP contribution is 2.11. The van der Waals surface area contributed by atoms with Crippen LogP contribution in [0.25, 0.3) is 0 Å². The molecule has 0 unspecified atom stereocenters. The van der Waals surface area contributed by atoms with Gasteiger partial charge in [0.15, 0.2) is 0 Å². The molecule has 1 rings (SSSR count). The Balaban J connectivity index is 2.43. The molecule has 1 heterocycles. The molecule has 2 N–H and O–H groups in total. The normalized spacial score (nSPS) is 10.4. The summed E-state index contributed by atoms with van der Waals surface area (Å²) in [7, 11) is 2.03. The number of aromatic nitrogens is 2. The average molecular weight is 252 g/mol. The summed E-state index contributed by atoms with van der Waals surface area (Å²) < 4.78 is 0. The van der Waals surface area contributed by atoms with Crippen molar-refractivity contribution < 1.29 is 5.11 Å². The van der Waals surface area contributed by atoms with E-state index in [0.717, 1.165) is 44.6 Å². The molecule has 18 heavy (non-hydrogen) atoms. The van der Waals surface area contributed by atoms with Crippen molar-refractivity contribution in [2.24, 2.45) is 0 Å². The topological polar surface area (TPSA) is 61.3 Å². The van der Waals surface area contributed by atoms with Crippen molar-refractivity contribution in [3.05, 3.63) is 12.3 Å². The van der Waals surface area contributed by atoms with Gasteiger partial charge < -0.3 is 15.3 Å². The minimum atomic E-state index is 0.280. The Bertz CT molecular complexity index is 333.